The van der Waals surface area contributed by atoms with Gasteiger partial charge in [0.1, 0.15) is 12.4 Å². The van der Waals surface area contributed by atoms with Crippen LogP contribution in [0.25, 0.3) is 0 Å². The second kappa shape index (κ2) is 5.83. The van der Waals surface area contributed by atoms with Crippen LogP contribution < -0.4 is 4.74 Å². The summed E-state index contributed by atoms with van der Waals surface area (Å²) in [5.41, 5.74) is 3.11. The third-order valence-electron chi connectivity index (χ3n) is 2.41. The molecule has 1 rings (SSSR count). The van der Waals surface area contributed by atoms with Gasteiger partial charge in [0.15, 0.2) is 0 Å². The molecule has 0 aliphatic heterocycles. The lowest BCUT2D eigenvalue weighted by Gasteiger charge is -2.13. The van der Waals surface area contributed by atoms with Crippen molar-refractivity contribution in [3.05, 3.63) is 28.8 Å². The zero-order valence-corrected chi connectivity index (χ0v) is 10.0. The third-order valence-corrected chi connectivity index (χ3v) is 2.41. The fourth-order valence-electron chi connectivity index (χ4n) is 1.85. The molecular weight excluding hydrogens is 210 g/mol. The minimum atomic E-state index is -2.42. The maximum atomic E-state index is 12.1. The molecule has 0 amide bonds. The van der Waals surface area contributed by atoms with Crippen molar-refractivity contribution in [1.82, 2.24) is 0 Å². The molecule has 90 valence electrons. The van der Waals surface area contributed by atoms with Gasteiger partial charge in [-0.25, -0.2) is 8.78 Å². The largest absolute Gasteiger partial charge is 0.487 e. The fourth-order valence-corrected chi connectivity index (χ4v) is 1.85. The lowest BCUT2D eigenvalue weighted by Crippen LogP contribution is -2.09. The van der Waals surface area contributed by atoms with Gasteiger partial charge >= 0.3 is 0 Å². The van der Waals surface area contributed by atoms with E-state index >= 15 is 0 Å². The Bertz CT molecular complexity index is 325. The van der Waals surface area contributed by atoms with Crippen molar-refractivity contribution in [3.63, 3.8) is 0 Å². The van der Waals surface area contributed by atoms with Gasteiger partial charge in [-0.2, -0.15) is 0 Å². The lowest BCUT2D eigenvalue weighted by atomic mass is 10.0. The van der Waals surface area contributed by atoms with Gasteiger partial charge in [0.2, 0.25) is 0 Å². The molecule has 1 nitrogen and oxygen atoms in total. The van der Waals surface area contributed by atoms with Crippen molar-refractivity contribution in [2.45, 2.75) is 40.0 Å². The molecule has 0 saturated carbocycles. The molecule has 0 atom stereocenters. The Morgan fingerprint density at radius 3 is 2.19 bits per heavy atom. The van der Waals surface area contributed by atoms with Gasteiger partial charge in [0.05, 0.1) is 0 Å². The van der Waals surface area contributed by atoms with E-state index in [-0.39, 0.29) is 0 Å². The quantitative estimate of drug-likeness (QED) is 0.742. The molecule has 0 saturated heterocycles. The van der Waals surface area contributed by atoms with Crippen LogP contribution in [0.15, 0.2) is 12.1 Å². The van der Waals surface area contributed by atoms with Gasteiger partial charge < -0.3 is 4.74 Å². The highest BCUT2D eigenvalue weighted by Gasteiger charge is 2.09. The molecule has 0 aromatic heterocycles. The van der Waals surface area contributed by atoms with Crippen LogP contribution in [0.4, 0.5) is 8.78 Å². The van der Waals surface area contributed by atoms with Crippen molar-refractivity contribution < 1.29 is 13.5 Å². The smallest absolute Gasteiger partial charge is 0.272 e. The summed E-state index contributed by atoms with van der Waals surface area (Å²) in [6.07, 6.45) is -0.332. The van der Waals surface area contributed by atoms with E-state index in [0.717, 1.165) is 24.0 Å². The van der Waals surface area contributed by atoms with Crippen LogP contribution in [0.5, 0.6) is 5.75 Å². The summed E-state index contributed by atoms with van der Waals surface area (Å²) in [7, 11) is 0. The number of hydrogen-bond acceptors (Lipinski definition) is 1. The first-order valence-corrected chi connectivity index (χ1v) is 5.55. The van der Waals surface area contributed by atoms with Crippen LogP contribution in [-0.4, -0.2) is 13.0 Å². The topological polar surface area (TPSA) is 9.23 Å². The molecule has 0 heterocycles. The molecule has 0 spiro atoms. The predicted molar refractivity (Wildman–Crippen MR) is 61.4 cm³/mol. The Morgan fingerprint density at radius 1 is 1.19 bits per heavy atom. The van der Waals surface area contributed by atoms with Gasteiger partial charge in [0.25, 0.3) is 6.43 Å². The number of hydrogen-bond donors (Lipinski definition) is 0. The monoisotopic (exact) mass is 228 g/mol. The van der Waals surface area contributed by atoms with Gasteiger partial charge in [-0.15, -0.1) is 0 Å². The third kappa shape index (κ3) is 3.47. The summed E-state index contributed by atoms with van der Waals surface area (Å²) in [6.45, 7) is 5.38. The van der Waals surface area contributed by atoms with Crippen LogP contribution in [-0.2, 0) is 6.42 Å². The van der Waals surface area contributed by atoms with Gasteiger partial charge in [-0.3, -0.25) is 0 Å². The summed E-state index contributed by atoms with van der Waals surface area (Å²) in [5.74, 6) is 0.597. The Kier molecular flexibility index (Phi) is 4.71. The molecule has 3 heteroatoms. The van der Waals surface area contributed by atoms with Gasteiger partial charge in [0, 0.05) is 0 Å². The lowest BCUT2D eigenvalue weighted by molar-refractivity contribution is 0.0812. The van der Waals surface area contributed by atoms with Crippen LogP contribution in [0.1, 0.15) is 30.0 Å². The fraction of sp³-hybridized carbons (Fsp3) is 0.538. The van der Waals surface area contributed by atoms with E-state index in [1.165, 1.54) is 5.56 Å². The van der Waals surface area contributed by atoms with E-state index in [4.69, 9.17) is 4.74 Å². The van der Waals surface area contributed by atoms with Gasteiger partial charge in [-0.05, 0) is 37.0 Å². The molecule has 0 aliphatic rings. The van der Waals surface area contributed by atoms with Crippen LogP contribution in [0, 0.1) is 13.8 Å². The summed E-state index contributed by atoms with van der Waals surface area (Å²) >= 11 is 0. The first kappa shape index (κ1) is 12.9. The number of halogens is 2. The molecule has 1 aromatic carbocycles. The molecule has 0 radical (unpaired) electrons. The Morgan fingerprint density at radius 2 is 1.75 bits per heavy atom. The summed E-state index contributed by atoms with van der Waals surface area (Å²) in [4.78, 5) is 0. The van der Waals surface area contributed by atoms with E-state index < -0.39 is 13.0 Å². The van der Waals surface area contributed by atoms with Crippen molar-refractivity contribution in [1.29, 1.82) is 0 Å². The highest BCUT2D eigenvalue weighted by Crippen LogP contribution is 2.25. The number of alkyl halides is 2. The normalized spacial score (nSPS) is 10.9. The summed E-state index contributed by atoms with van der Waals surface area (Å²) < 4.78 is 29.2. The Labute approximate surface area is 95.4 Å². The second-order valence-corrected chi connectivity index (χ2v) is 4.01. The van der Waals surface area contributed by atoms with Crippen molar-refractivity contribution >= 4 is 0 Å². The van der Waals surface area contributed by atoms with Crippen molar-refractivity contribution in [2.75, 3.05) is 6.61 Å². The molecule has 1 aromatic rings. The standard InChI is InChI=1S/C13H18F2O/c1-4-5-11-6-9(2)13(10(3)7-11)16-8-12(14)15/h6-7,12H,4-5,8H2,1-3H3. The molecular formula is C13H18F2O. The number of aryl methyl sites for hydroxylation is 3. The van der Waals surface area contributed by atoms with Crippen molar-refractivity contribution in [3.8, 4) is 5.75 Å². The number of benzene rings is 1. The minimum absolute atomic E-state index is 0.533. The summed E-state index contributed by atoms with van der Waals surface area (Å²) in [6, 6.07) is 4.02. The Hall–Kier alpha value is -1.12. The van der Waals surface area contributed by atoms with E-state index in [1.807, 2.05) is 26.0 Å². The predicted octanol–water partition coefficient (Wildman–Crippen LogP) is 3.90. The molecule has 0 N–H and O–H groups in total. The van der Waals surface area contributed by atoms with Gasteiger partial charge in [-0.1, -0.05) is 25.5 Å². The molecule has 0 aliphatic carbocycles. The SMILES string of the molecule is CCCc1cc(C)c(OCC(F)F)c(C)c1. The minimum Gasteiger partial charge on any atom is -0.487 e. The second-order valence-electron chi connectivity index (χ2n) is 4.01. The highest BCUT2D eigenvalue weighted by molar-refractivity contribution is 5.43. The van der Waals surface area contributed by atoms with Crippen molar-refractivity contribution in [2.24, 2.45) is 0 Å². The average molecular weight is 228 g/mol. The zero-order valence-electron chi connectivity index (χ0n) is 10.0. The summed E-state index contributed by atoms with van der Waals surface area (Å²) in [5, 5.41) is 0. The first-order chi connectivity index (χ1) is 7.54. The maximum Gasteiger partial charge on any atom is 0.272 e. The number of rotatable bonds is 5. The van der Waals surface area contributed by atoms with Crippen LogP contribution >= 0.6 is 0 Å². The first-order valence-electron chi connectivity index (χ1n) is 5.55. The van der Waals surface area contributed by atoms with Crippen LogP contribution in [0.3, 0.4) is 0 Å². The van der Waals surface area contributed by atoms with Crippen LogP contribution in [0.2, 0.25) is 0 Å². The molecule has 0 fully saturated rings. The molecule has 0 bridgehead atoms. The highest BCUT2D eigenvalue weighted by atomic mass is 19.3. The number of ether oxygens (including phenoxy) is 1. The van der Waals surface area contributed by atoms with E-state index in [9.17, 15) is 8.78 Å². The Balaban J connectivity index is 2.85. The molecule has 16 heavy (non-hydrogen) atoms. The zero-order chi connectivity index (χ0) is 12.1. The molecule has 0 unspecified atom stereocenters. The van der Waals surface area contributed by atoms with E-state index in [0.29, 0.717) is 5.75 Å². The van der Waals surface area contributed by atoms with E-state index in [2.05, 4.69) is 6.92 Å². The maximum absolute atomic E-state index is 12.1. The van der Waals surface area contributed by atoms with E-state index in [1.54, 1.807) is 0 Å². The average Bonchev–Trinajstić information content (AvgIpc) is 2.16.